The summed E-state index contributed by atoms with van der Waals surface area (Å²) in [6.45, 7) is 3.94. The minimum Gasteiger partial charge on any atom is -0.508 e. The van der Waals surface area contributed by atoms with E-state index in [0.29, 0.717) is 25.1 Å². The molecule has 1 heterocycles. The molecule has 13 heteroatoms. The number of carbonyl (C=O) groups is 4. The van der Waals surface area contributed by atoms with Gasteiger partial charge in [-0.2, -0.15) is 0 Å². The van der Waals surface area contributed by atoms with E-state index < -0.39 is 35.7 Å². The number of phenols is 1. The zero-order valence-corrected chi connectivity index (χ0v) is 26.9. The first-order valence-corrected chi connectivity index (χ1v) is 15.6. The van der Waals surface area contributed by atoms with E-state index in [-0.39, 0.29) is 55.4 Å². The van der Waals surface area contributed by atoms with Crippen molar-refractivity contribution in [2.24, 2.45) is 39.8 Å². The topological polar surface area (TPSA) is 246 Å². The van der Waals surface area contributed by atoms with Crippen molar-refractivity contribution in [2.45, 2.75) is 70.9 Å². The molecule has 0 saturated heterocycles. The van der Waals surface area contributed by atoms with Gasteiger partial charge in [-0.3, -0.25) is 24.2 Å². The zero-order chi connectivity index (χ0) is 34.5. The predicted molar refractivity (Wildman–Crippen MR) is 179 cm³/mol. The minimum atomic E-state index is -1.03. The van der Waals surface area contributed by atoms with Crippen molar-refractivity contribution < 1.29 is 24.3 Å². The largest absolute Gasteiger partial charge is 0.508 e. The van der Waals surface area contributed by atoms with Gasteiger partial charge < -0.3 is 38.3 Å². The third-order valence-corrected chi connectivity index (χ3v) is 8.19. The number of nitrogens with one attached hydrogen (secondary N) is 2. The Hall–Kier alpha value is -5.04. The van der Waals surface area contributed by atoms with Crippen molar-refractivity contribution in [3.8, 4) is 5.75 Å². The van der Waals surface area contributed by atoms with Crippen LogP contribution >= 0.6 is 0 Å². The van der Waals surface area contributed by atoms with E-state index in [4.69, 9.17) is 22.9 Å². The summed E-state index contributed by atoms with van der Waals surface area (Å²) in [7, 11) is 0. The molecule has 0 aliphatic carbocycles. The molecular formula is C34H46N8O5. The number of aromatic hydroxyl groups is 1. The lowest BCUT2D eigenvalue weighted by Crippen LogP contribution is -2.47. The van der Waals surface area contributed by atoms with Crippen LogP contribution in [0.25, 0.3) is 0 Å². The molecule has 47 heavy (non-hydrogen) atoms. The lowest BCUT2D eigenvalue weighted by molar-refractivity contribution is -0.133. The van der Waals surface area contributed by atoms with Gasteiger partial charge in [-0.05, 0) is 73.9 Å². The number of carbonyl (C=O) groups excluding carboxylic acids is 4. The highest BCUT2D eigenvalue weighted by Crippen LogP contribution is 2.26. The quantitative estimate of drug-likeness (QED) is 0.0562. The highest BCUT2D eigenvalue weighted by molar-refractivity contribution is 5.94. The molecule has 0 radical (unpaired) electrons. The zero-order valence-electron chi connectivity index (χ0n) is 26.9. The molecule has 252 valence electrons. The Labute approximate surface area is 274 Å². The Kier molecular flexibility index (Phi) is 13.6. The molecule has 0 saturated carbocycles. The van der Waals surface area contributed by atoms with Gasteiger partial charge in [-0.1, -0.05) is 30.3 Å². The summed E-state index contributed by atoms with van der Waals surface area (Å²) in [4.78, 5) is 64.4. The van der Waals surface area contributed by atoms with Gasteiger partial charge in [0.15, 0.2) is 11.7 Å². The maximum Gasteiger partial charge on any atom is 0.224 e. The molecule has 2 aromatic carbocycles. The first kappa shape index (κ1) is 36.4. The molecule has 0 unspecified atom stereocenters. The summed E-state index contributed by atoms with van der Waals surface area (Å²) >= 11 is 0. The van der Waals surface area contributed by atoms with Gasteiger partial charge >= 0.3 is 0 Å². The summed E-state index contributed by atoms with van der Waals surface area (Å²) in [5.74, 6) is -3.48. The number of imidazole rings is 1. The molecule has 3 aromatic rings. The van der Waals surface area contributed by atoms with E-state index in [1.807, 2.05) is 44.2 Å². The van der Waals surface area contributed by atoms with Crippen LogP contribution in [0.15, 0.2) is 60.0 Å². The SMILES string of the molecule is Cc1cc(O)cc(C)c1C[C@H](CC(=O)[C@H](N)CCCN=C(N)N)C(=O)N[C@@H](Cc1cnc[nH]1)C(=O)C[C@@H](Cc1ccccc1)C(N)=O. The van der Waals surface area contributed by atoms with E-state index >= 15 is 0 Å². The number of hydrogen-bond acceptors (Lipinski definition) is 8. The number of guanidine groups is 1. The van der Waals surface area contributed by atoms with Crippen LogP contribution in [0.3, 0.4) is 0 Å². The van der Waals surface area contributed by atoms with E-state index in [0.717, 1.165) is 22.3 Å². The van der Waals surface area contributed by atoms with Crippen molar-refractivity contribution in [1.82, 2.24) is 15.3 Å². The molecule has 0 aliphatic heterocycles. The second-order valence-corrected chi connectivity index (χ2v) is 12.0. The Morgan fingerprint density at radius 1 is 0.936 bits per heavy atom. The standard InChI is InChI=1S/C34H46N8O5/c1-20-11-26(43)12-21(2)27(20)14-24(16-30(44)28(35)9-6-10-40-34(37)38)33(47)42-29(17-25-18-39-19-41-25)31(45)15-23(32(36)46)13-22-7-4-3-5-8-22/h3-5,7-8,11-12,18-19,23-24,28-29,43H,6,9-10,13-17,35H2,1-2H3,(H2,36,46)(H,39,41)(H,42,47)(H4,37,38,40)/t23-,24-,28-,29+/m1/s1. The summed E-state index contributed by atoms with van der Waals surface area (Å²) in [5.41, 5.74) is 26.4. The number of amides is 2. The summed E-state index contributed by atoms with van der Waals surface area (Å²) in [6.07, 6.45) is 3.95. The van der Waals surface area contributed by atoms with Crippen LogP contribution in [0.1, 0.15) is 53.6 Å². The number of benzene rings is 2. The molecule has 4 atom stereocenters. The fraction of sp³-hybridized carbons (Fsp3) is 0.412. The van der Waals surface area contributed by atoms with Gasteiger partial charge in [-0.15, -0.1) is 0 Å². The monoisotopic (exact) mass is 646 g/mol. The van der Waals surface area contributed by atoms with E-state index in [1.165, 1.54) is 6.33 Å². The first-order valence-electron chi connectivity index (χ1n) is 15.6. The van der Waals surface area contributed by atoms with Gasteiger partial charge in [0.25, 0.3) is 0 Å². The van der Waals surface area contributed by atoms with Gasteiger partial charge in [0, 0.05) is 49.5 Å². The number of aromatic nitrogens is 2. The molecule has 0 aliphatic rings. The number of phenolic OH excluding ortho intramolecular Hbond substituents is 1. The summed E-state index contributed by atoms with van der Waals surface area (Å²) in [5, 5.41) is 12.9. The highest BCUT2D eigenvalue weighted by Gasteiger charge is 2.32. The Morgan fingerprint density at radius 2 is 1.60 bits per heavy atom. The Balaban J connectivity index is 1.85. The number of hydrogen-bond donors (Lipinski definition) is 7. The van der Waals surface area contributed by atoms with Crippen molar-refractivity contribution in [2.75, 3.05) is 6.54 Å². The summed E-state index contributed by atoms with van der Waals surface area (Å²) in [6, 6.07) is 10.5. The van der Waals surface area contributed by atoms with Crippen molar-refractivity contribution in [3.63, 3.8) is 0 Å². The van der Waals surface area contributed by atoms with Crippen LogP contribution in [-0.4, -0.2) is 63.0 Å². The van der Waals surface area contributed by atoms with Gasteiger partial charge in [0.2, 0.25) is 11.8 Å². The van der Waals surface area contributed by atoms with E-state index in [2.05, 4.69) is 20.3 Å². The molecule has 1 aromatic heterocycles. The molecular weight excluding hydrogens is 600 g/mol. The number of nitrogens with two attached hydrogens (primary N) is 4. The molecule has 11 N–H and O–H groups in total. The number of rotatable bonds is 19. The summed E-state index contributed by atoms with van der Waals surface area (Å²) < 4.78 is 0. The van der Waals surface area contributed by atoms with Crippen LogP contribution < -0.4 is 28.3 Å². The molecule has 13 nitrogen and oxygen atoms in total. The lowest BCUT2D eigenvalue weighted by atomic mass is 9.86. The van der Waals surface area contributed by atoms with Crippen LogP contribution in [0, 0.1) is 25.7 Å². The van der Waals surface area contributed by atoms with Gasteiger partial charge in [0.05, 0.1) is 18.4 Å². The van der Waals surface area contributed by atoms with E-state index in [1.54, 1.807) is 18.3 Å². The lowest BCUT2D eigenvalue weighted by Gasteiger charge is -2.25. The number of aliphatic imine (C=N–C) groups is 1. The normalized spacial score (nSPS) is 13.6. The Bertz CT molecular complexity index is 1510. The van der Waals surface area contributed by atoms with Crippen molar-refractivity contribution in [3.05, 3.63) is 82.9 Å². The number of Topliss-reactive ketones (excluding diaryl/α,β-unsaturated/α-hetero) is 2. The average Bonchev–Trinajstić information content (AvgIpc) is 3.53. The molecule has 0 fully saturated rings. The van der Waals surface area contributed by atoms with Crippen LogP contribution in [0.4, 0.5) is 0 Å². The predicted octanol–water partition coefficient (Wildman–Crippen LogP) is 1.26. The van der Waals surface area contributed by atoms with E-state index in [9.17, 15) is 24.3 Å². The third-order valence-electron chi connectivity index (χ3n) is 8.19. The number of aryl methyl sites for hydroxylation is 2. The Morgan fingerprint density at radius 3 is 2.19 bits per heavy atom. The van der Waals surface area contributed by atoms with Gasteiger partial charge in [-0.25, -0.2) is 4.98 Å². The number of primary amides is 1. The van der Waals surface area contributed by atoms with Gasteiger partial charge in [0.1, 0.15) is 11.5 Å². The maximum atomic E-state index is 14.0. The number of ketones is 2. The first-order chi connectivity index (χ1) is 22.3. The number of aromatic amines is 1. The van der Waals surface area contributed by atoms with Crippen molar-refractivity contribution >= 4 is 29.3 Å². The number of H-pyrrole nitrogens is 1. The fourth-order valence-electron chi connectivity index (χ4n) is 5.58. The molecule has 2 amide bonds. The average molecular weight is 647 g/mol. The minimum absolute atomic E-state index is 0.0530. The van der Waals surface area contributed by atoms with Crippen LogP contribution in [0.2, 0.25) is 0 Å². The third kappa shape index (κ3) is 11.7. The number of nitrogens with zero attached hydrogens (tertiary/aromatic N) is 2. The molecule has 3 rings (SSSR count). The van der Waals surface area contributed by atoms with Crippen molar-refractivity contribution in [1.29, 1.82) is 0 Å². The maximum absolute atomic E-state index is 14.0. The second-order valence-electron chi connectivity index (χ2n) is 12.0. The smallest absolute Gasteiger partial charge is 0.224 e. The molecule has 0 spiro atoms. The van der Waals surface area contributed by atoms with Crippen LogP contribution in [0.5, 0.6) is 5.75 Å². The second kappa shape index (κ2) is 17.6. The van der Waals surface area contributed by atoms with Crippen LogP contribution in [-0.2, 0) is 38.4 Å². The molecule has 0 bridgehead atoms. The highest BCUT2D eigenvalue weighted by atomic mass is 16.3. The fourth-order valence-corrected chi connectivity index (χ4v) is 5.58.